The van der Waals surface area contributed by atoms with Crippen LogP contribution in [0, 0.1) is 0 Å². The van der Waals surface area contributed by atoms with Crippen molar-refractivity contribution in [2.75, 3.05) is 18.1 Å². The average molecular weight is 303 g/mol. The zero-order valence-electron chi connectivity index (χ0n) is 11.2. The number of alkyl halides is 3. The van der Waals surface area contributed by atoms with Crippen LogP contribution in [0.15, 0.2) is 12.1 Å². The topological polar surface area (TPSA) is 79.5 Å². The number of aliphatic hydroxyl groups excluding tert-OH is 1. The molecule has 21 heavy (non-hydrogen) atoms. The quantitative estimate of drug-likeness (QED) is 0.865. The van der Waals surface area contributed by atoms with Gasteiger partial charge in [0.25, 0.3) is 5.91 Å². The van der Waals surface area contributed by atoms with Gasteiger partial charge in [-0.3, -0.25) is 4.79 Å². The maximum atomic E-state index is 12.8. The number of rotatable bonds is 5. The minimum atomic E-state index is -4.60. The van der Waals surface area contributed by atoms with Crippen LogP contribution >= 0.6 is 0 Å². The van der Waals surface area contributed by atoms with Gasteiger partial charge in [0.2, 0.25) is 0 Å². The van der Waals surface area contributed by atoms with E-state index in [0.29, 0.717) is 0 Å². The maximum absolute atomic E-state index is 12.8. The highest BCUT2D eigenvalue weighted by molar-refractivity contribution is 5.97. The number of anilines is 1. The molecule has 0 saturated heterocycles. The summed E-state index contributed by atoms with van der Waals surface area (Å²) >= 11 is 0. The van der Waals surface area contributed by atoms with Crippen LogP contribution in [0.1, 0.15) is 35.3 Å². The molecule has 1 aliphatic carbocycles. The van der Waals surface area contributed by atoms with Crippen molar-refractivity contribution in [1.82, 2.24) is 4.98 Å². The van der Waals surface area contributed by atoms with Crippen LogP contribution in [0.5, 0.6) is 0 Å². The zero-order valence-corrected chi connectivity index (χ0v) is 11.2. The van der Waals surface area contributed by atoms with Gasteiger partial charge >= 0.3 is 6.18 Å². The van der Waals surface area contributed by atoms with Gasteiger partial charge in [-0.05, 0) is 31.4 Å². The number of aliphatic hydroxyl groups is 1. The predicted molar refractivity (Wildman–Crippen MR) is 69.8 cm³/mol. The molecular formula is C13H16F3N3O2. The Morgan fingerprint density at radius 2 is 2.10 bits per heavy atom. The molecule has 3 N–H and O–H groups in total. The molecule has 8 heteroatoms. The first-order valence-electron chi connectivity index (χ1n) is 6.60. The van der Waals surface area contributed by atoms with Crippen LogP contribution in [0.3, 0.4) is 0 Å². The first-order chi connectivity index (χ1) is 9.84. The molecule has 5 nitrogen and oxygen atoms in total. The summed E-state index contributed by atoms with van der Waals surface area (Å²) < 4.78 is 38.4. The highest BCUT2D eigenvalue weighted by Gasteiger charge is 2.35. The number of amides is 1. The lowest BCUT2D eigenvalue weighted by molar-refractivity contribution is -0.141. The van der Waals surface area contributed by atoms with Crippen molar-refractivity contribution in [3.05, 3.63) is 23.4 Å². The molecular weight excluding hydrogens is 287 g/mol. The number of nitrogens with zero attached hydrogens (tertiary/aromatic N) is 2. The van der Waals surface area contributed by atoms with Gasteiger partial charge in [-0.25, -0.2) is 4.98 Å². The Balaban J connectivity index is 2.47. The van der Waals surface area contributed by atoms with E-state index in [1.807, 2.05) is 0 Å². The summed E-state index contributed by atoms with van der Waals surface area (Å²) in [6.07, 6.45) is -2.07. The molecule has 0 radical (unpaired) electrons. The number of hydrogen-bond donors (Lipinski definition) is 2. The lowest BCUT2D eigenvalue weighted by Crippen LogP contribution is -2.43. The van der Waals surface area contributed by atoms with Crippen molar-refractivity contribution < 1.29 is 23.1 Å². The smallest absolute Gasteiger partial charge is 0.395 e. The highest BCUT2D eigenvalue weighted by Crippen LogP contribution is 2.34. The van der Waals surface area contributed by atoms with Crippen molar-refractivity contribution in [1.29, 1.82) is 0 Å². The van der Waals surface area contributed by atoms with Gasteiger partial charge in [0.1, 0.15) is 11.5 Å². The largest absolute Gasteiger partial charge is 0.433 e. The van der Waals surface area contributed by atoms with Crippen molar-refractivity contribution in [3.8, 4) is 0 Å². The summed E-state index contributed by atoms with van der Waals surface area (Å²) in [4.78, 5) is 16.5. The molecule has 1 heterocycles. The van der Waals surface area contributed by atoms with Crippen molar-refractivity contribution in [3.63, 3.8) is 0 Å². The number of pyridine rings is 1. The van der Waals surface area contributed by atoms with Crippen LogP contribution in [0.25, 0.3) is 0 Å². The Hall–Kier alpha value is -1.83. The molecule has 1 amide bonds. The third-order valence-electron chi connectivity index (χ3n) is 3.56. The number of primary amides is 1. The van der Waals surface area contributed by atoms with E-state index in [4.69, 9.17) is 10.8 Å². The van der Waals surface area contributed by atoms with E-state index in [0.717, 1.165) is 31.4 Å². The zero-order chi connectivity index (χ0) is 15.6. The van der Waals surface area contributed by atoms with Crippen LogP contribution in [-0.2, 0) is 6.18 Å². The van der Waals surface area contributed by atoms with Gasteiger partial charge in [-0.2, -0.15) is 13.2 Å². The van der Waals surface area contributed by atoms with Crippen LogP contribution in [-0.4, -0.2) is 35.2 Å². The Morgan fingerprint density at radius 1 is 1.43 bits per heavy atom. The molecule has 116 valence electrons. The SMILES string of the molecule is NC(=O)c1ccc(C(F)(F)F)nc1N(CCO)C1CCC1. The van der Waals surface area contributed by atoms with Crippen molar-refractivity contribution in [2.45, 2.75) is 31.5 Å². The summed E-state index contributed by atoms with van der Waals surface area (Å²) in [5, 5.41) is 9.12. The van der Waals surface area contributed by atoms with Crippen molar-refractivity contribution >= 4 is 11.7 Å². The second-order valence-corrected chi connectivity index (χ2v) is 4.93. The molecule has 0 aliphatic heterocycles. The number of carbonyl (C=O) groups is 1. The van der Waals surface area contributed by atoms with Crippen molar-refractivity contribution in [2.24, 2.45) is 5.73 Å². The standard InChI is InChI=1S/C13H16F3N3O2/c14-13(15,16)10-5-4-9(11(17)21)12(18-10)19(6-7-20)8-2-1-3-8/h4-5,8,20H,1-3,6-7H2,(H2,17,21). The Kier molecular flexibility index (Phi) is 4.36. The van der Waals surface area contributed by atoms with Gasteiger partial charge in [0.05, 0.1) is 12.2 Å². The molecule has 0 spiro atoms. The lowest BCUT2D eigenvalue weighted by atomic mass is 9.91. The van der Waals surface area contributed by atoms with Gasteiger partial charge in [0, 0.05) is 12.6 Å². The molecule has 0 aromatic carbocycles. The van der Waals surface area contributed by atoms with Crippen LogP contribution in [0.2, 0.25) is 0 Å². The second-order valence-electron chi connectivity index (χ2n) is 4.93. The molecule has 1 saturated carbocycles. The molecule has 0 atom stereocenters. The minimum absolute atomic E-state index is 0.0220. The monoisotopic (exact) mass is 303 g/mol. The summed E-state index contributed by atoms with van der Waals surface area (Å²) in [5.74, 6) is -0.940. The first-order valence-corrected chi connectivity index (χ1v) is 6.60. The average Bonchev–Trinajstić information content (AvgIpc) is 2.34. The number of hydrogen-bond acceptors (Lipinski definition) is 4. The number of halogens is 3. The lowest BCUT2D eigenvalue weighted by Gasteiger charge is -2.38. The normalized spacial score (nSPS) is 15.6. The highest BCUT2D eigenvalue weighted by atomic mass is 19.4. The van der Waals surface area contributed by atoms with E-state index < -0.39 is 17.8 Å². The summed E-state index contributed by atoms with van der Waals surface area (Å²) in [6.45, 7) is -0.133. The van der Waals surface area contributed by atoms with E-state index in [2.05, 4.69) is 4.98 Å². The molecule has 0 bridgehead atoms. The van der Waals surface area contributed by atoms with E-state index in [-0.39, 0.29) is 30.6 Å². The molecule has 1 fully saturated rings. The minimum Gasteiger partial charge on any atom is -0.395 e. The molecule has 2 rings (SSSR count). The van der Waals surface area contributed by atoms with Gasteiger partial charge < -0.3 is 15.7 Å². The Bertz CT molecular complexity index is 530. The van der Waals surface area contributed by atoms with Gasteiger partial charge in [0.15, 0.2) is 0 Å². The third-order valence-corrected chi connectivity index (χ3v) is 3.56. The molecule has 1 aromatic heterocycles. The summed E-state index contributed by atoms with van der Waals surface area (Å²) in [6, 6.07) is 1.75. The molecule has 0 unspecified atom stereocenters. The summed E-state index contributed by atoms with van der Waals surface area (Å²) in [7, 11) is 0. The Morgan fingerprint density at radius 3 is 2.52 bits per heavy atom. The van der Waals surface area contributed by atoms with E-state index in [1.165, 1.54) is 0 Å². The Labute approximate surface area is 119 Å². The van der Waals surface area contributed by atoms with E-state index in [1.54, 1.807) is 4.90 Å². The van der Waals surface area contributed by atoms with Gasteiger partial charge in [-0.1, -0.05) is 0 Å². The van der Waals surface area contributed by atoms with Crippen LogP contribution in [0.4, 0.5) is 19.0 Å². The molecule has 1 aromatic rings. The predicted octanol–water partition coefficient (Wildman–Crippen LogP) is 1.55. The fraction of sp³-hybridized carbons (Fsp3) is 0.538. The number of nitrogens with two attached hydrogens (primary N) is 1. The number of carbonyl (C=O) groups excluding carboxylic acids is 1. The third kappa shape index (κ3) is 3.26. The fourth-order valence-electron chi connectivity index (χ4n) is 2.29. The number of aromatic nitrogens is 1. The maximum Gasteiger partial charge on any atom is 0.433 e. The fourth-order valence-corrected chi connectivity index (χ4v) is 2.29. The van der Waals surface area contributed by atoms with E-state index in [9.17, 15) is 18.0 Å². The first kappa shape index (κ1) is 15.6. The van der Waals surface area contributed by atoms with Gasteiger partial charge in [-0.15, -0.1) is 0 Å². The molecule has 1 aliphatic rings. The summed E-state index contributed by atoms with van der Waals surface area (Å²) in [5.41, 5.74) is 4.07. The van der Waals surface area contributed by atoms with E-state index >= 15 is 0 Å². The van der Waals surface area contributed by atoms with Crippen LogP contribution < -0.4 is 10.6 Å². The second kappa shape index (κ2) is 5.88.